The van der Waals surface area contributed by atoms with Gasteiger partial charge in [-0.1, -0.05) is 11.6 Å². The molecule has 0 spiro atoms. The molecular weight excluding hydrogens is 372 g/mol. The predicted octanol–water partition coefficient (Wildman–Crippen LogP) is 2.80. The van der Waals surface area contributed by atoms with Crippen LogP contribution in [0, 0.1) is 0 Å². The summed E-state index contributed by atoms with van der Waals surface area (Å²) < 4.78 is 0.572. The second-order valence-electron chi connectivity index (χ2n) is 5.73. The minimum Gasteiger partial charge on any atom is -0.350 e. The van der Waals surface area contributed by atoms with E-state index in [4.69, 9.17) is 11.6 Å². The quantitative estimate of drug-likeness (QED) is 0.745. The average Bonchev–Trinajstić information content (AvgIpc) is 3.12. The lowest BCUT2D eigenvalue weighted by Crippen LogP contribution is -2.34. The minimum absolute atomic E-state index is 0.169. The van der Waals surface area contributed by atoms with Gasteiger partial charge in [-0.15, -0.1) is 11.3 Å². The molecule has 2 N–H and O–H groups in total. The number of hydrogen-bond acceptors (Lipinski definition) is 5. The van der Waals surface area contributed by atoms with Crippen LogP contribution < -0.4 is 15.5 Å². The Morgan fingerprint density at radius 2 is 1.81 bits per heavy atom. The highest BCUT2D eigenvalue weighted by molar-refractivity contribution is 7.17. The Labute approximate surface area is 160 Å². The summed E-state index contributed by atoms with van der Waals surface area (Å²) in [7, 11) is 0. The predicted molar refractivity (Wildman–Crippen MR) is 106 cm³/mol. The zero-order valence-electron chi connectivity index (χ0n) is 14.1. The Balaban J connectivity index is 1.44. The van der Waals surface area contributed by atoms with E-state index < -0.39 is 0 Å². The zero-order chi connectivity index (χ0) is 18.4. The van der Waals surface area contributed by atoms with E-state index in [1.54, 1.807) is 24.3 Å². The highest BCUT2D eigenvalue weighted by atomic mass is 35.5. The lowest BCUT2D eigenvalue weighted by molar-refractivity contribution is 0.0929. The van der Waals surface area contributed by atoms with Crippen LogP contribution in [0.3, 0.4) is 0 Å². The van der Waals surface area contributed by atoms with Gasteiger partial charge in [0.2, 0.25) is 0 Å². The van der Waals surface area contributed by atoms with Gasteiger partial charge < -0.3 is 15.5 Å². The smallest absolute Gasteiger partial charge is 0.261 e. The minimum atomic E-state index is -0.191. The number of nitrogens with one attached hydrogen (secondary N) is 2. The molecule has 0 bridgehead atoms. The first-order valence-electron chi connectivity index (χ1n) is 8.32. The van der Waals surface area contributed by atoms with Crippen LogP contribution in [0.2, 0.25) is 4.34 Å². The number of thiophene rings is 1. The standard InChI is InChI=1S/C18H19ClN4O2S/c19-16-7-6-15(26-16)18(25)22-10-9-21-17(24)13-2-4-14(5-3-13)23-11-1-8-20-12-23/h2-7,12H,1,8-11H2,(H,21,24)(H,22,25). The van der Waals surface area contributed by atoms with E-state index in [0.29, 0.717) is 27.9 Å². The van der Waals surface area contributed by atoms with Crippen molar-refractivity contribution in [3.63, 3.8) is 0 Å². The molecule has 2 amide bonds. The molecule has 1 aliphatic heterocycles. The molecule has 1 aromatic carbocycles. The first-order valence-corrected chi connectivity index (χ1v) is 9.51. The molecule has 0 unspecified atom stereocenters. The number of nitrogens with zero attached hydrogens (tertiary/aromatic N) is 2. The maximum Gasteiger partial charge on any atom is 0.261 e. The van der Waals surface area contributed by atoms with Crippen molar-refractivity contribution in [2.45, 2.75) is 6.42 Å². The van der Waals surface area contributed by atoms with Crippen molar-refractivity contribution < 1.29 is 9.59 Å². The van der Waals surface area contributed by atoms with Crippen LogP contribution in [-0.2, 0) is 0 Å². The van der Waals surface area contributed by atoms with Crippen LogP contribution in [0.15, 0.2) is 41.4 Å². The molecule has 0 saturated heterocycles. The third kappa shape index (κ3) is 4.83. The summed E-state index contributed by atoms with van der Waals surface area (Å²) in [6, 6.07) is 10.8. The Morgan fingerprint density at radius 3 is 2.42 bits per heavy atom. The van der Waals surface area contributed by atoms with Crippen molar-refractivity contribution in [3.8, 4) is 0 Å². The molecule has 1 aromatic heterocycles. The SMILES string of the molecule is O=C(NCCNC(=O)c1ccc(Cl)s1)c1ccc(N2C=NCCC2)cc1. The molecule has 0 saturated carbocycles. The van der Waals surface area contributed by atoms with Gasteiger partial charge in [-0.05, 0) is 42.8 Å². The van der Waals surface area contributed by atoms with Crippen LogP contribution in [0.25, 0.3) is 0 Å². The molecule has 0 atom stereocenters. The van der Waals surface area contributed by atoms with Gasteiger partial charge >= 0.3 is 0 Å². The number of aliphatic imine (C=N–C) groups is 1. The lowest BCUT2D eigenvalue weighted by atomic mass is 10.1. The first-order chi connectivity index (χ1) is 12.6. The number of carbonyl (C=O) groups excluding carboxylic acids is 2. The van der Waals surface area contributed by atoms with Gasteiger partial charge in [0, 0.05) is 37.4 Å². The van der Waals surface area contributed by atoms with Crippen molar-refractivity contribution in [2.24, 2.45) is 4.99 Å². The van der Waals surface area contributed by atoms with Gasteiger partial charge in [-0.25, -0.2) is 0 Å². The molecule has 2 aromatic rings. The largest absolute Gasteiger partial charge is 0.350 e. The summed E-state index contributed by atoms with van der Waals surface area (Å²) in [5, 5.41) is 5.54. The molecule has 26 heavy (non-hydrogen) atoms. The van der Waals surface area contributed by atoms with Crippen LogP contribution in [-0.4, -0.2) is 44.3 Å². The van der Waals surface area contributed by atoms with Gasteiger partial charge in [0.05, 0.1) is 15.6 Å². The monoisotopic (exact) mass is 390 g/mol. The number of amides is 2. The second kappa shape index (κ2) is 8.82. The highest BCUT2D eigenvalue weighted by Gasteiger charge is 2.10. The fraction of sp³-hybridized carbons (Fsp3) is 0.278. The van der Waals surface area contributed by atoms with E-state index >= 15 is 0 Å². The molecular formula is C18H19ClN4O2S. The van der Waals surface area contributed by atoms with Crippen molar-refractivity contribution in [2.75, 3.05) is 31.1 Å². The highest BCUT2D eigenvalue weighted by Crippen LogP contribution is 2.21. The molecule has 0 radical (unpaired) electrons. The van der Waals surface area contributed by atoms with E-state index in [1.807, 2.05) is 18.5 Å². The Kier molecular flexibility index (Phi) is 6.25. The lowest BCUT2D eigenvalue weighted by Gasteiger charge is -2.22. The van der Waals surface area contributed by atoms with Crippen LogP contribution >= 0.6 is 22.9 Å². The van der Waals surface area contributed by atoms with Crippen molar-refractivity contribution >= 4 is 46.8 Å². The van der Waals surface area contributed by atoms with Crippen molar-refractivity contribution in [3.05, 3.63) is 51.2 Å². The number of carbonyl (C=O) groups is 2. The maximum atomic E-state index is 12.2. The van der Waals surface area contributed by atoms with E-state index in [1.165, 1.54) is 11.3 Å². The Morgan fingerprint density at radius 1 is 1.08 bits per heavy atom. The molecule has 136 valence electrons. The Bertz CT molecular complexity index is 804. The molecule has 6 nitrogen and oxygen atoms in total. The summed E-state index contributed by atoms with van der Waals surface area (Å²) in [6.45, 7) is 2.50. The number of hydrogen-bond donors (Lipinski definition) is 2. The summed E-state index contributed by atoms with van der Waals surface area (Å²) in [5.74, 6) is -0.360. The van der Waals surface area contributed by atoms with Gasteiger partial charge in [0.25, 0.3) is 11.8 Å². The number of rotatable bonds is 6. The topological polar surface area (TPSA) is 73.8 Å². The third-order valence-corrected chi connectivity index (χ3v) is 5.09. The summed E-state index contributed by atoms with van der Waals surface area (Å²) in [6.07, 6.45) is 2.87. The van der Waals surface area contributed by atoms with E-state index in [2.05, 4.69) is 20.5 Å². The summed E-state index contributed by atoms with van der Waals surface area (Å²) >= 11 is 7.03. The molecule has 0 fully saturated rings. The van der Waals surface area contributed by atoms with E-state index in [0.717, 1.165) is 25.2 Å². The fourth-order valence-electron chi connectivity index (χ4n) is 2.52. The zero-order valence-corrected chi connectivity index (χ0v) is 15.6. The van der Waals surface area contributed by atoms with Gasteiger partial charge in [-0.2, -0.15) is 0 Å². The normalized spacial score (nSPS) is 13.5. The molecule has 2 heterocycles. The first kappa shape index (κ1) is 18.4. The van der Waals surface area contributed by atoms with Crippen molar-refractivity contribution in [1.29, 1.82) is 0 Å². The van der Waals surface area contributed by atoms with Crippen LogP contribution in [0.4, 0.5) is 5.69 Å². The fourth-order valence-corrected chi connectivity index (χ4v) is 3.48. The molecule has 3 rings (SSSR count). The molecule has 8 heteroatoms. The second-order valence-corrected chi connectivity index (χ2v) is 7.45. The maximum absolute atomic E-state index is 12.2. The number of benzene rings is 1. The molecule has 0 aliphatic carbocycles. The summed E-state index contributed by atoms with van der Waals surface area (Å²) in [5.41, 5.74) is 1.60. The van der Waals surface area contributed by atoms with Crippen LogP contribution in [0.1, 0.15) is 26.5 Å². The Hall–Kier alpha value is -2.38. The molecule has 1 aliphatic rings. The number of anilines is 1. The third-order valence-electron chi connectivity index (χ3n) is 3.86. The van der Waals surface area contributed by atoms with Gasteiger partial charge in [0.15, 0.2) is 0 Å². The average molecular weight is 391 g/mol. The van der Waals surface area contributed by atoms with Crippen molar-refractivity contribution in [1.82, 2.24) is 10.6 Å². The van der Waals surface area contributed by atoms with Crippen LogP contribution in [0.5, 0.6) is 0 Å². The van der Waals surface area contributed by atoms with E-state index in [9.17, 15) is 9.59 Å². The van der Waals surface area contributed by atoms with Gasteiger partial charge in [0.1, 0.15) is 0 Å². The number of halogens is 1. The van der Waals surface area contributed by atoms with E-state index in [-0.39, 0.29) is 11.8 Å². The summed E-state index contributed by atoms with van der Waals surface area (Å²) in [4.78, 5) is 30.9. The van der Waals surface area contributed by atoms with Gasteiger partial charge in [-0.3, -0.25) is 14.6 Å².